The summed E-state index contributed by atoms with van der Waals surface area (Å²) in [7, 11) is -3.22. The van der Waals surface area contributed by atoms with E-state index in [0.29, 0.717) is 29.1 Å². The van der Waals surface area contributed by atoms with Gasteiger partial charge >= 0.3 is 0 Å². The number of rotatable bonds is 8. The first-order valence-corrected chi connectivity index (χ1v) is 14.5. The quantitative estimate of drug-likeness (QED) is 0.475. The molecule has 6 nitrogen and oxygen atoms in total. The van der Waals surface area contributed by atoms with Crippen molar-refractivity contribution in [3.63, 3.8) is 0 Å². The smallest absolute Gasteiger partial charge is 0.251 e. The Balaban J connectivity index is 1.31. The van der Waals surface area contributed by atoms with Gasteiger partial charge in [0.1, 0.15) is 0 Å². The van der Waals surface area contributed by atoms with Gasteiger partial charge in [-0.05, 0) is 81.1 Å². The molecule has 186 valence electrons. The molecule has 3 aromatic rings. The summed E-state index contributed by atoms with van der Waals surface area (Å²) in [5.74, 6) is -0.0465. The van der Waals surface area contributed by atoms with Gasteiger partial charge in [-0.15, -0.1) is 0 Å². The third-order valence-electron chi connectivity index (χ3n) is 7.51. The van der Waals surface area contributed by atoms with E-state index >= 15 is 0 Å². The summed E-state index contributed by atoms with van der Waals surface area (Å²) < 4.78 is 26.5. The highest BCUT2D eigenvalue weighted by Crippen LogP contribution is 2.40. The Morgan fingerprint density at radius 2 is 1.80 bits per heavy atom. The highest BCUT2D eigenvalue weighted by atomic mass is 32.2. The normalized spacial score (nSPS) is 19.2. The van der Waals surface area contributed by atoms with Crippen LogP contribution < -0.4 is 5.32 Å². The summed E-state index contributed by atoms with van der Waals surface area (Å²) >= 11 is 0. The molecule has 1 amide bonds. The van der Waals surface area contributed by atoms with Crippen molar-refractivity contribution in [3.8, 4) is 0 Å². The highest BCUT2D eigenvalue weighted by Gasteiger charge is 2.29. The number of sulfone groups is 1. The molecule has 1 saturated heterocycles. The SMILES string of the molecule is CCS(=O)(=O)c1ccc(CNC(=O)c2ccc3c(c2)cc(CN2CCCC[C@H]2C)n3C2CC2)cc1. The molecule has 1 N–H and O–H groups in total. The third-order valence-corrected chi connectivity index (χ3v) is 9.26. The average molecular weight is 494 g/mol. The summed E-state index contributed by atoms with van der Waals surface area (Å²) in [6.45, 7) is 6.45. The molecule has 0 bridgehead atoms. The molecule has 0 spiro atoms. The number of piperidine rings is 1. The Labute approximate surface area is 208 Å². The van der Waals surface area contributed by atoms with Crippen LogP contribution in [0.15, 0.2) is 53.4 Å². The van der Waals surface area contributed by atoms with E-state index in [1.807, 2.05) is 12.1 Å². The molecule has 0 unspecified atom stereocenters. The molecule has 1 aromatic heterocycles. The van der Waals surface area contributed by atoms with Crippen molar-refractivity contribution in [1.82, 2.24) is 14.8 Å². The fourth-order valence-corrected chi connectivity index (χ4v) is 6.07. The van der Waals surface area contributed by atoms with Crippen LogP contribution in [-0.4, -0.2) is 42.1 Å². The van der Waals surface area contributed by atoms with E-state index in [0.717, 1.165) is 24.0 Å². The van der Waals surface area contributed by atoms with Crippen molar-refractivity contribution in [2.75, 3.05) is 12.3 Å². The number of likely N-dealkylation sites (tertiary alicyclic amines) is 1. The number of nitrogens with zero attached hydrogens (tertiary/aromatic N) is 2. The molecule has 2 heterocycles. The monoisotopic (exact) mass is 493 g/mol. The molecule has 2 aliphatic rings. The molecular weight excluding hydrogens is 458 g/mol. The van der Waals surface area contributed by atoms with Gasteiger partial charge < -0.3 is 9.88 Å². The van der Waals surface area contributed by atoms with Crippen LogP contribution in [0.4, 0.5) is 0 Å². The van der Waals surface area contributed by atoms with E-state index in [1.165, 1.54) is 43.3 Å². The van der Waals surface area contributed by atoms with Gasteiger partial charge in [0, 0.05) is 47.3 Å². The lowest BCUT2D eigenvalue weighted by molar-refractivity contribution is 0.0951. The minimum absolute atomic E-state index is 0.0762. The fourth-order valence-electron chi connectivity index (χ4n) is 5.19. The number of hydrogen-bond donors (Lipinski definition) is 1. The fraction of sp³-hybridized carbons (Fsp3) is 0.464. The predicted molar refractivity (Wildman–Crippen MR) is 139 cm³/mol. The van der Waals surface area contributed by atoms with Gasteiger partial charge in [-0.2, -0.15) is 0 Å². The predicted octanol–water partition coefficient (Wildman–Crippen LogP) is 5.07. The summed E-state index contributed by atoms with van der Waals surface area (Å²) in [5, 5.41) is 4.10. The summed E-state index contributed by atoms with van der Waals surface area (Å²) in [6, 6.07) is 16.2. The van der Waals surface area contributed by atoms with Crippen molar-refractivity contribution in [2.45, 2.75) is 76.0 Å². The Morgan fingerprint density at radius 1 is 1.03 bits per heavy atom. The molecule has 2 fully saturated rings. The van der Waals surface area contributed by atoms with Crippen LogP contribution in [0.2, 0.25) is 0 Å². The second-order valence-corrected chi connectivity index (χ2v) is 12.3. The van der Waals surface area contributed by atoms with Gasteiger partial charge in [0.25, 0.3) is 5.91 Å². The lowest BCUT2D eigenvalue weighted by Gasteiger charge is -2.33. The summed E-state index contributed by atoms with van der Waals surface area (Å²) in [6.07, 6.45) is 6.32. The van der Waals surface area contributed by atoms with Crippen LogP contribution in [-0.2, 0) is 22.9 Å². The van der Waals surface area contributed by atoms with E-state index < -0.39 is 9.84 Å². The second kappa shape index (κ2) is 9.78. The second-order valence-electron chi connectivity index (χ2n) is 10.1. The third kappa shape index (κ3) is 5.16. The molecule has 1 aliphatic carbocycles. The van der Waals surface area contributed by atoms with Crippen molar-refractivity contribution >= 4 is 26.6 Å². The van der Waals surface area contributed by atoms with Crippen LogP contribution in [0.5, 0.6) is 0 Å². The molecule has 7 heteroatoms. The van der Waals surface area contributed by atoms with E-state index in [2.05, 4.69) is 33.8 Å². The van der Waals surface area contributed by atoms with Crippen molar-refractivity contribution in [1.29, 1.82) is 0 Å². The number of hydrogen-bond acceptors (Lipinski definition) is 4. The zero-order valence-corrected chi connectivity index (χ0v) is 21.5. The number of aromatic nitrogens is 1. The van der Waals surface area contributed by atoms with E-state index in [4.69, 9.17) is 0 Å². The summed E-state index contributed by atoms with van der Waals surface area (Å²) in [5.41, 5.74) is 4.09. The number of carbonyl (C=O) groups is 1. The summed E-state index contributed by atoms with van der Waals surface area (Å²) in [4.78, 5) is 15.8. The molecule has 5 rings (SSSR count). The molecule has 35 heavy (non-hydrogen) atoms. The Morgan fingerprint density at radius 3 is 2.49 bits per heavy atom. The molecule has 1 aliphatic heterocycles. The van der Waals surface area contributed by atoms with Gasteiger partial charge in [-0.1, -0.05) is 25.5 Å². The first kappa shape index (κ1) is 24.1. The van der Waals surface area contributed by atoms with Gasteiger partial charge in [0.05, 0.1) is 10.6 Å². The Bertz CT molecular complexity index is 1320. The van der Waals surface area contributed by atoms with Crippen LogP contribution in [0, 0.1) is 0 Å². The maximum atomic E-state index is 12.9. The molecule has 0 radical (unpaired) electrons. The largest absolute Gasteiger partial charge is 0.348 e. The van der Waals surface area contributed by atoms with Gasteiger partial charge in [0.15, 0.2) is 9.84 Å². The van der Waals surface area contributed by atoms with E-state index in [-0.39, 0.29) is 11.7 Å². The zero-order chi connectivity index (χ0) is 24.6. The lowest BCUT2D eigenvalue weighted by Crippen LogP contribution is -2.37. The van der Waals surface area contributed by atoms with Crippen LogP contribution in [0.3, 0.4) is 0 Å². The molecule has 1 atom stereocenters. The van der Waals surface area contributed by atoms with Gasteiger partial charge in [-0.25, -0.2) is 8.42 Å². The van der Waals surface area contributed by atoms with Crippen LogP contribution in [0.1, 0.15) is 73.6 Å². The van der Waals surface area contributed by atoms with Crippen molar-refractivity contribution < 1.29 is 13.2 Å². The van der Waals surface area contributed by atoms with Gasteiger partial charge in [0.2, 0.25) is 0 Å². The maximum Gasteiger partial charge on any atom is 0.251 e. The minimum atomic E-state index is -3.22. The van der Waals surface area contributed by atoms with Gasteiger partial charge in [-0.3, -0.25) is 9.69 Å². The standard InChI is InChI=1S/C28H35N3O3S/c1-3-35(33,34)26-12-7-21(8-13-26)18-29-28(32)22-9-14-27-23(16-22)17-25(31(27)24-10-11-24)19-30-15-5-4-6-20(30)2/h7-9,12-14,16-17,20,24H,3-6,10-11,15,18-19H2,1-2H3,(H,29,32)/t20-/m1/s1. The lowest BCUT2D eigenvalue weighted by atomic mass is 10.0. The first-order chi connectivity index (χ1) is 16.9. The van der Waals surface area contributed by atoms with E-state index in [9.17, 15) is 13.2 Å². The average Bonchev–Trinajstić information content (AvgIpc) is 3.64. The zero-order valence-electron chi connectivity index (χ0n) is 20.7. The Kier molecular flexibility index (Phi) is 6.73. The number of fused-ring (bicyclic) bond motifs is 1. The van der Waals surface area contributed by atoms with Crippen molar-refractivity contribution in [3.05, 3.63) is 65.4 Å². The van der Waals surface area contributed by atoms with E-state index in [1.54, 1.807) is 31.2 Å². The molecule has 1 saturated carbocycles. The highest BCUT2D eigenvalue weighted by molar-refractivity contribution is 7.91. The van der Waals surface area contributed by atoms with Crippen molar-refractivity contribution in [2.24, 2.45) is 0 Å². The maximum absolute atomic E-state index is 12.9. The number of carbonyl (C=O) groups excluding carboxylic acids is 1. The Hall–Kier alpha value is -2.64. The van der Waals surface area contributed by atoms with Crippen LogP contribution in [0.25, 0.3) is 10.9 Å². The number of amides is 1. The molecular formula is C28H35N3O3S. The topological polar surface area (TPSA) is 71.4 Å². The minimum Gasteiger partial charge on any atom is -0.348 e. The first-order valence-electron chi connectivity index (χ1n) is 12.8. The number of nitrogens with one attached hydrogen (secondary N) is 1. The van der Waals surface area contributed by atoms with Crippen LogP contribution >= 0.6 is 0 Å². The number of benzene rings is 2. The molecule has 2 aromatic carbocycles.